The van der Waals surface area contributed by atoms with Crippen LogP contribution in [-0.2, 0) is 0 Å². The number of thiophene rings is 1. The average molecular weight is 294 g/mol. The summed E-state index contributed by atoms with van der Waals surface area (Å²) in [7, 11) is 0. The van der Waals surface area contributed by atoms with E-state index in [0.717, 1.165) is 11.6 Å². The summed E-state index contributed by atoms with van der Waals surface area (Å²) in [5.74, 6) is 3.79. The maximum atomic E-state index is 6.24. The Balaban J connectivity index is 2.12. The molecule has 1 N–H and O–H groups in total. The van der Waals surface area contributed by atoms with Crippen LogP contribution in [0.1, 0.15) is 17.8 Å². The zero-order valence-electron chi connectivity index (χ0n) is 9.24. The fourth-order valence-electron chi connectivity index (χ4n) is 1.84. The van der Waals surface area contributed by atoms with Crippen molar-refractivity contribution in [1.82, 2.24) is 5.32 Å². The standard InChI is InChI=1S/C11H16ClNS3/c1-2-13-10(9-7-14-5-6-15-9)11-8(12)3-4-16-11/h3-4,9-10,13H,2,5-7H2,1H3. The average Bonchev–Trinajstić information content (AvgIpc) is 2.73. The van der Waals surface area contributed by atoms with E-state index in [2.05, 4.69) is 41.1 Å². The van der Waals surface area contributed by atoms with Gasteiger partial charge in [-0.05, 0) is 18.0 Å². The molecule has 0 aromatic carbocycles. The zero-order valence-corrected chi connectivity index (χ0v) is 12.4. The van der Waals surface area contributed by atoms with Gasteiger partial charge in [0.05, 0.1) is 11.1 Å². The maximum absolute atomic E-state index is 6.24. The molecule has 2 heterocycles. The van der Waals surface area contributed by atoms with Crippen molar-refractivity contribution in [3.05, 3.63) is 21.3 Å². The van der Waals surface area contributed by atoms with Crippen LogP contribution in [0, 0.1) is 0 Å². The lowest BCUT2D eigenvalue weighted by atomic mass is 10.2. The molecule has 1 aliphatic heterocycles. The minimum atomic E-state index is 0.426. The number of nitrogens with one attached hydrogen (secondary N) is 1. The molecule has 5 heteroatoms. The summed E-state index contributed by atoms with van der Waals surface area (Å²) < 4.78 is 0. The molecular formula is C11H16ClNS3. The minimum Gasteiger partial charge on any atom is -0.309 e. The van der Waals surface area contributed by atoms with Gasteiger partial charge >= 0.3 is 0 Å². The molecule has 0 saturated carbocycles. The SMILES string of the molecule is CCNC(c1sccc1Cl)C1CSCCS1. The molecule has 2 rings (SSSR count). The molecule has 2 unspecified atom stereocenters. The van der Waals surface area contributed by atoms with Crippen molar-refractivity contribution in [1.29, 1.82) is 0 Å². The summed E-state index contributed by atoms with van der Waals surface area (Å²) in [6, 6.07) is 2.43. The first-order valence-corrected chi connectivity index (χ1v) is 8.94. The van der Waals surface area contributed by atoms with E-state index in [1.54, 1.807) is 11.3 Å². The Bertz CT molecular complexity index is 323. The second kappa shape index (κ2) is 6.55. The third-order valence-electron chi connectivity index (χ3n) is 2.56. The van der Waals surface area contributed by atoms with Crippen molar-refractivity contribution in [3.63, 3.8) is 0 Å². The molecule has 1 saturated heterocycles. The van der Waals surface area contributed by atoms with Crippen LogP contribution in [0.5, 0.6) is 0 Å². The van der Waals surface area contributed by atoms with E-state index in [1.165, 1.54) is 22.1 Å². The van der Waals surface area contributed by atoms with Gasteiger partial charge < -0.3 is 5.32 Å². The number of rotatable bonds is 4. The van der Waals surface area contributed by atoms with Crippen molar-refractivity contribution in [2.45, 2.75) is 18.2 Å². The predicted octanol–water partition coefficient (Wildman–Crippen LogP) is 3.90. The maximum Gasteiger partial charge on any atom is 0.0561 e. The van der Waals surface area contributed by atoms with E-state index in [9.17, 15) is 0 Å². The molecule has 1 nitrogen and oxygen atoms in total. The first-order valence-electron chi connectivity index (χ1n) is 5.48. The Morgan fingerprint density at radius 2 is 2.44 bits per heavy atom. The second-order valence-corrected chi connectivity index (χ2v) is 7.50. The summed E-state index contributed by atoms with van der Waals surface area (Å²) in [6.07, 6.45) is 0. The highest BCUT2D eigenvalue weighted by atomic mass is 35.5. The van der Waals surface area contributed by atoms with Gasteiger partial charge in [-0.2, -0.15) is 23.5 Å². The quantitative estimate of drug-likeness (QED) is 0.904. The predicted molar refractivity (Wildman–Crippen MR) is 79.3 cm³/mol. The van der Waals surface area contributed by atoms with Crippen LogP contribution in [0.15, 0.2) is 11.4 Å². The lowest BCUT2D eigenvalue weighted by Crippen LogP contribution is -2.33. The number of thioether (sulfide) groups is 2. The van der Waals surface area contributed by atoms with Crippen LogP contribution < -0.4 is 5.32 Å². The molecule has 90 valence electrons. The zero-order chi connectivity index (χ0) is 11.4. The highest BCUT2D eigenvalue weighted by molar-refractivity contribution is 8.06. The van der Waals surface area contributed by atoms with Gasteiger partial charge in [0.2, 0.25) is 0 Å². The lowest BCUT2D eigenvalue weighted by Gasteiger charge is -2.29. The monoisotopic (exact) mass is 293 g/mol. The largest absolute Gasteiger partial charge is 0.309 e. The molecule has 2 atom stereocenters. The van der Waals surface area contributed by atoms with Crippen molar-refractivity contribution >= 4 is 46.5 Å². The van der Waals surface area contributed by atoms with E-state index in [4.69, 9.17) is 11.6 Å². The smallest absolute Gasteiger partial charge is 0.0561 e. The first-order chi connectivity index (χ1) is 7.83. The minimum absolute atomic E-state index is 0.426. The molecule has 0 spiro atoms. The normalized spacial score (nSPS) is 23.2. The van der Waals surface area contributed by atoms with Gasteiger partial charge in [-0.25, -0.2) is 0 Å². The Labute approximate surface area is 115 Å². The van der Waals surface area contributed by atoms with Gasteiger partial charge in [-0.15, -0.1) is 11.3 Å². The number of hydrogen-bond donors (Lipinski definition) is 1. The first kappa shape index (κ1) is 13.1. The molecular weight excluding hydrogens is 278 g/mol. The van der Waals surface area contributed by atoms with Gasteiger partial charge in [-0.1, -0.05) is 18.5 Å². The third kappa shape index (κ3) is 3.10. The number of halogens is 1. The Morgan fingerprint density at radius 1 is 1.56 bits per heavy atom. The molecule has 1 fully saturated rings. The van der Waals surface area contributed by atoms with Crippen LogP contribution in [0.4, 0.5) is 0 Å². The van der Waals surface area contributed by atoms with Gasteiger partial charge in [-0.3, -0.25) is 0 Å². The Hall–Kier alpha value is 0.650. The summed E-state index contributed by atoms with van der Waals surface area (Å²) in [5.41, 5.74) is 0. The second-order valence-electron chi connectivity index (χ2n) is 3.65. The molecule has 1 aliphatic rings. The lowest BCUT2D eigenvalue weighted by molar-refractivity contribution is 0.559. The van der Waals surface area contributed by atoms with E-state index < -0.39 is 0 Å². The van der Waals surface area contributed by atoms with E-state index in [0.29, 0.717) is 11.3 Å². The van der Waals surface area contributed by atoms with Crippen LogP contribution in [-0.4, -0.2) is 29.1 Å². The fourth-order valence-corrected chi connectivity index (χ4v) is 6.09. The van der Waals surface area contributed by atoms with Gasteiger partial charge in [0.1, 0.15) is 0 Å². The van der Waals surface area contributed by atoms with Crippen molar-refractivity contribution in [2.75, 3.05) is 23.8 Å². The van der Waals surface area contributed by atoms with E-state index >= 15 is 0 Å². The Morgan fingerprint density at radius 3 is 3.00 bits per heavy atom. The highest BCUT2D eigenvalue weighted by Gasteiger charge is 2.27. The summed E-state index contributed by atoms with van der Waals surface area (Å²) in [4.78, 5) is 1.31. The topological polar surface area (TPSA) is 12.0 Å². The molecule has 0 aliphatic carbocycles. The van der Waals surface area contributed by atoms with Crippen molar-refractivity contribution in [2.24, 2.45) is 0 Å². The number of hydrogen-bond acceptors (Lipinski definition) is 4. The van der Waals surface area contributed by atoms with Gasteiger partial charge in [0.15, 0.2) is 0 Å². The fraction of sp³-hybridized carbons (Fsp3) is 0.636. The summed E-state index contributed by atoms with van der Waals surface area (Å²) in [6.45, 7) is 3.16. The van der Waals surface area contributed by atoms with Crippen LogP contribution in [0.25, 0.3) is 0 Å². The molecule has 1 aromatic heterocycles. The molecule has 16 heavy (non-hydrogen) atoms. The summed E-state index contributed by atoms with van der Waals surface area (Å²) >= 11 is 12.2. The van der Waals surface area contributed by atoms with Crippen LogP contribution in [0.2, 0.25) is 5.02 Å². The van der Waals surface area contributed by atoms with Crippen molar-refractivity contribution < 1.29 is 0 Å². The molecule has 0 amide bonds. The van der Waals surface area contributed by atoms with Crippen LogP contribution in [0.3, 0.4) is 0 Å². The molecule has 0 bridgehead atoms. The summed E-state index contributed by atoms with van der Waals surface area (Å²) in [5, 5.41) is 7.26. The highest BCUT2D eigenvalue weighted by Crippen LogP contribution is 2.38. The Kier molecular flexibility index (Phi) is 5.36. The van der Waals surface area contributed by atoms with Gasteiger partial charge in [0, 0.05) is 27.4 Å². The van der Waals surface area contributed by atoms with E-state index in [-0.39, 0.29) is 0 Å². The third-order valence-corrected chi connectivity index (χ3v) is 6.87. The van der Waals surface area contributed by atoms with Crippen molar-refractivity contribution in [3.8, 4) is 0 Å². The van der Waals surface area contributed by atoms with Crippen LogP contribution >= 0.6 is 46.5 Å². The van der Waals surface area contributed by atoms with Gasteiger partial charge in [0.25, 0.3) is 0 Å². The molecule has 1 aromatic rings. The van der Waals surface area contributed by atoms with E-state index in [1.807, 2.05) is 6.07 Å². The molecule has 0 radical (unpaired) electrons.